The lowest BCUT2D eigenvalue weighted by atomic mass is 10.1. The van der Waals surface area contributed by atoms with Crippen LogP contribution in [-0.2, 0) is 13.1 Å². The Hall–Kier alpha value is -1.58. The summed E-state index contributed by atoms with van der Waals surface area (Å²) in [6.07, 6.45) is 1.85. The van der Waals surface area contributed by atoms with Gasteiger partial charge in [-0.1, -0.05) is 29.8 Å². The van der Waals surface area contributed by atoms with Crippen molar-refractivity contribution in [3.63, 3.8) is 0 Å². The van der Waals surface area contributed by atoms with Gasteiger partial charge in [0.25, 0.3) is 0 Å². The van der Waals surface area contributed by atoms with E-state index in [9.17, 15) is 0 Å². The third-order valence-electron chi connectivity index (χ3n) is 3.32. The minimum absolute atomic E-state index is 0.688. The molecule has 2 aromatic rings. The fourth-order valence-electron chi connectivity index (χ4n) is 2.21. The number of methoxy groups -OCH3 is 1. The maximum Gasteiger partial charge on any atom is 0.128 e. The number of aromatic nitrogens is 1. The zero-order valence-corrected chi connectivity index (χ0v) is 12.8. The second-order valence-corrected chi connectivity index (χ2v) is 5.15. The van der Waals surface area contributed by atoms with Crippen LogP contribution >= 0.6 is 11.6 Å². The molecular formula is C16H19ClN2O. The number of hydrogen-bond acceptors (Lipinski definition) is 3. The molecule has 0 aliphatic carbocycles. The zero-order valence-electron chi connectivity index (χ0n) is 12.0. The first kappa shape index (κ1) is 14.8. The van der Waals surface area contributed by atoms with Crippen LogP contribution in [0.25, 0.3) is 0 Å². The number of halogens is 1. The van der Waals surface area contributed by atoms with Crippen molar-refractivity contribution in [2.75, 3.05) is 7.11 Å². The first-order chi connectivity index (χ1) is 9.63. The van der Waals surface area contributed by atoms with E-state index in [1.165, 1.54) is 0 Å². The van der Waals surface area contributed by atoms with Gasteiger partial charge in [-0.15, -0.1) is 0 Å². The van der Waals surface area contributed by atoms with E-state index in [1.807, 2.05) is 44.3 Å². The number of hydrogen-bond donors (Lipinski definition) is 1. The summed E-state index contributed by atoms with van der Waals surface area (Å²) >= 11 is 6.13. The van der Waals surface area contributed by atoms with Gasteiger partial charge in [0.15, 0.2) is 0 Å². The number of nitrogens with one attached hydrogen (secondary N) is 1. The molecule has 0 atom stereocenters. The lowest BCUT2D eigenvalue weighted by Crippen LogP contribution is -2.15. The van der Waals surface area contributed by atoms with Crippen molar-refractivity contribution in [2.45, 2.75) is 26.9 Å². The van der Waals surface area contributed by atoms with Gasteiger partial charge in [-0.2, -0.15) is 0 Å². The van der Waals surface area contributed by atoms with Gasteiger partial charge < -0.3 is 10.1 Å². The summed E-state index contributed by atoms with van der Waals surface area (Å²) in [6.45, 7) is 5.44. The zero-order chi connectivity index (χ0) is 14.5. The molecular weight excluding hydrogens is 272 g/mol. The molecule has 0 saturated carbocycles. The third-order valence-corrected chi connectivity index (χ3v) is 3.68. The smallest absolute Gasteiger partial charge is 0.128 e. The Morgan fingerprint density at radius 3 is 2.65 bits per heavy atom. The van der Waals surface area contributed by atoms with Gasteiger partial charge in [0, 0.05) is 35.4 Å². The fourth-order valence-corrected chi connectivity index (χ4v) is 2.41. The lowest BCUT2D eigenvalue weighted by molar-refractivity contribution is 0.406. The highest BCUT2D eigenvalue weighted by Crippen LogP contribution is 2.24. The predicted octanol–water partition coefficient (Wildman–Crippen LogP) is 3.65. The van der Waals surface area contributed by atoms with E-state index in [2.05, 4.69) is 10.3 Å². The van der Waals surface area contributed by atoms with E-state index >= 15 is 0 Å². The van der Waals surface area contributed by atoms with Gasteiger partial charge in [-0.3, -0.25) is 4.98 Å². The van der Waals surface area contributed by atoms with Crippen molar-refractivity contribution in [1.29, 1.82) is 0 Å². The van der Waals surface area contributed by atoms with E-state index in [0.29, 0.717) is 6.54 Å². The Kier molecular flexibility index (Phi) is 4.99. The second-order valence-electron chi connectivity index (χ2n) is 4.74. The minimum Gasteiger partial charge on any atom is -0.496 e. The number of rotatable bonds is 5. The van der Waals surface area contributed by atoms with Crippen LogP contribution in [0.2, 0.25) is 5.02 Å². The van der Waals surface area contributed by atoms with Gasteiger partial charge in [0.05, 0.1) is 12.8 Å². The molecule has 0 amide bonds. The standard InChI is InChI=1S/C16H19ClN2O/c1-11-8-19-15(12(2)16(11)20-3)10-18-9-13-6-4-5-7-14(13)17/h4-8,18H,9-10H2,1-3H3. The average molecular weight is 291 g/mol. The van der Waals surface area contributed by atoms with Crippen LogP contribution in [0.1, 0.15) is 22.4 Å². The minimum atomic E-state index is 0.688. The molecule has 20 heavy (non-hydrogen) atoms. The Bertz CT molecular complexity index is 599. The maximum atomic E-state index is 6.13. The molecule has 0 spiro atoms. The first-order valence-corrected chi connectivity index (χ1v) is 6.94. The van der Waals surface area contributed by atoms with Crippen molar-refractivity contribution in [1.82, 2.24) is 10.3 Å². The Morgan fingerprint density at radius 1 is 1.20 bits per heavy atom. The normalized spacial score (nSPS) is 10.6. The van der Waals surface area contributed by atoms with Crippen LogP contribution in [0.4, 0.5) is 0 Å². The van der Waals surface area contributed by atoms with Crippen LogP contribution < -0.4 is 10.1 Å². The topological polar surface area (TPSA) is 34.1 Å². The van der Waals surface area contributed by atoms with Gasteiger partial charge in [-0.05, 0) is 25.5 Å². The van der Waals surface area contributed by atoms with Crippen LogP contribution in [0.5, 0.6) is 5.75 Å². The molecule has 0 radical (unpaired) electrons. The summed E-state index contributed by atoms with van der Waals surface area (Å²) in [5, 5.41) is 4.15. The monoisotopic (exact) mass is 290 g/mol. The highest BCUT2D eigenvalue weighted by atomic mass is 35.5. The largest absolute Gasteiger partial charge is 0.496 e. The summed E-state index contributed by atoms with van der Waals surface area (Å²) in [7, 11) is 1.69. The number of aryl methyl sites for hydroxylation is 1. The number of benzene rings is 1. The van der Waals surface area contributed by atoms with E-state index in [4.69, 9.17) is 16.3 Å². The molecule has 106 valence electrons. The molecule has 0 aliphatic heterocycles. The molecule has 0 saturated heterocycles. The fraction of sp³-hybridized carbons (Fsp3) is 0.312. The molecule has 0 fully saturated rings. The van der Waals surface area contributed by atoms with E-state index < -0.39 is 0 Å². The lowest BCUT2D eigenvalue weighted by Gasteiger charge is -2.13. The first-order valence-electron chi connectivity index (χ1n) is 6.56. The van der Waals surface area contributed by atoms with Crippen molar-refractivity contribution < 1.29 is 4.74 Å². The molecule has 1 heterocycles. The number of pyridine rings is 1. The van der Waals surface area contributed by atoms with Gasteiger partial charge >= 0.3 is 0 Å². The predicted molar refractivity (Wildman–Crippen MR) is 82.3 cm³/mol. The molecule has 1 aromatic heterocycles. The van der Waals surface area contributed by atoms with Crippen LogP contribution in [0.3, 0.4) is 0 Å². The molecule has 0 unspecified atom stereocenters. The molecule has 1 aromatic carbocycles. The Labute approximate surface area is 124 Å². The van der Waals surface area contributed by atoms with E-state index in [0.717, 1.165) is 39.7 Å². The van der Waals surface area contributed by atoms with Crippen molar-refractivity contribution >= 4 is 11.6 Å². The molecule has 0 aliphatic rings. The van der Waals surface area contributed by atoms with Crippen molar-refractivity contribution in [3.8, 4) is 5.75 Å². The quantitative estimate of drug-likeness (QED) is 0.913. The summed E-state index contributed by atoms with van der Waals surface area (Å²) < 4.78 is 5.41. The van der Waals surface area contributed by atoms with E-state index in [1.54, 1.807) is 7.11 Å². The van der Waals surface area contributed by atoms with Crippen molar-refractivity contribution in [2.24, 2.45) is 0 Å². The molecule has 1 N–H and O–H groups in total. The molecule has 0 bridgehead atoms. The van der Waals surface area contributed by atoms with Crippen LogP contribution in [0, 0.1) is 13.8 Å². The second kappa shape index (κ2) is 6.73. The maximum absolute atomic E-state index is 6.13. The Balaban J connectivity index is 2.03. The van der Waals surface area contributed by atoms with Crippen LogP contribution in [0.15, 0.2) is 30.5 Å². The summed E-state index contributed by atoms with van der Waals surface area (Å²) in [4.78, 5) is 4.46. The summed E-state index contributed by atoms with van der Waals surface area (Å²) in [5.74, 6) is 0.912. The molecule has 2 rings (SSSR count). The number of ether oxygens (including phenoxy) is 1. The summed E-state index contributed by atoms with van der Waals surface area (Å²) in [5.41, 5.74) is 4.23. The summed E-state index contributed by atoms with van der Waals surface area (Å²) in [6, 6.07) is 7.84. The van der Waals surface area contributed by atoms with Gasteiger partial charge in [0.1, 0.15) is 5.75 Å². The SMILES string of the molecule is COc1c(C)cnc(CNCc2ccccc2Cl)c1C. The Morgan fingerprint density at radius 2 is 1.95 bits per heavy atom. The van der Waals surface area contributed by atoms with Gasteiger partial charge in [0.2, 0.25) is 0 Å². The number of nitrogens with zero attached hydrogens (tertiary/aromatic N) is 1. The highest BCUT2D eigenvalue weighted by Gasteiger charge is 2.09. The molecule has 4 heteroatoms. The van der Waals surface area contributed by atoms with Gasteiger partial charge in [-0.25, -0.2) is 0 Å². The van der Waals surface area contributed by atoms with E-state index in [-0.39, 0.29) is 0 Å². The van der Waals surface area contributed by atoms with Crippen LogP contribution in [-0.4, -0.2) is 12.1 Å². The third kappa shape index (κ3) is 3.30. The molecule has 3 nitrogen and oxygen atoms in total. The van der Waals surface area contributed by atoms with Crippen molar-refractivity contribution in [3.05, 3.63) is 57.9 Å². The highest BCUT2D eigenvalue weighted by molar-refractivity contribution is 6.31. The average Bonchev–Trinajstić information content (AvgIpc) is 2.44.